The maximum atomic E-state index is 11.9. The molecule has 2 heterocycles. The van der Waals surface area contributed by atoms with Gasteiger partial charge in [-0.2, -0.15) is 0 Å². The average Bonchev–Trinajstić information content (AvgIpc) is 2.85. The van der Waals surface area contributed by atoms with E-state index in [9.17, 15) is 4.79 Å². The fourth-order valence-corrected chi connectivity index (χ4v) is 2.13. The largest absolute Gasteiger partial charge is 0.463 e. The van der Waals surface area contributed by atoms with Gasteiger partial charge in [0.2, 0.25) is 0 Å². The molecule has 1 saturated heterocycles. The highest BCUT2D eigenvalue weighted by molar-refractivity contribution is 6.30. The van der Waals surface area contributed by atoms with E-state index in [0.717, 1.165) is 6.42 Å². The third kappa shape index (κ3) is 5.04. The molecule has 1 amide bonds. The lowest BCUT2D eigenvalue weighted by Crippen LogP contribution is -2.35. The molecule has 116 valence electrons. The smallest absolute Gasteiger partial charge is 0.410 e. The number of nitrogens with zero attached hydrogens (tertiary/aromatic N) is 3. The zero-order chi connectivity index (χ0) is 15.5. The van der Waals surface area contributed by atoms with Crippen LogP contribution in [0.2, 0.25) is 5.02 Å². The molecule has 1 aliphatic rings. The second-order valence-corrected chi connectivity index (χ2v) is 6.51. The summed E-state index contributed by atoms with van der Waals surface area (Å²) in [6.45, 7) is 7.37. The SMILES string of the molecule is CC(C)(C)OC(=O)N1CCC(COc2ncc(Cl)cn2)C1. The minimum atomic E-state index is -0.469. The minimum absolute atomic E-state index is 0.261. The quantitative estimate of drug-likeness (QED) is 0.858. The van der Waals surface area contributed by atoms with Gasteiger partial charge in [-0.1, -0.05) is 11.6 Å². The van der Waals surface area contributed by atoms with E-state index < -0.39 is 5.60 Å². The Balaban J connectivity index is 1.77. The molecule has 0 spiro atoms. The molecule has 0 N–H and O–H groups in total. The first-order valence-corrected chi connectivity index (χ1v) is 7.29. The Bertz CT molecular complexity index is 487. The predicted octanol–water partition coefficient (Wildman–Crippen LogP) is 2.77. The van der Waals surface area contributed by atoms with Crippen LogP contribution in [0.5, 0.6) is 6.01 Å². The number of hydrogen-bond acceptors (Lipinski definition) is 5. The minimum Gasteiger partial charge on any atom is -0.463 e. The summed E-state index contributed by atoms with van der Waals surface area (Å²) in [5.41, 5.74) is -0.469. The average molecular weight is 314 g/mol. The summed E-state index contributed by atoms with van der Waals surface area (Å²) in [5, 5.41) is 0.472. The van der Waals surface area contributed by atoms with Crippen molar-refractivity contribution in [3.63, 3.8) is 0 Å². The predicted molar refractivity (Wildman–Crippen MR) is 78.5 cm³/mol. The van der Waals surface area contributed by atoms with Gasteiger partial charge in [0, 0.05) is 19.0 Å². The van der Waals surface area contributed by atoms with E-state index in [1.54, 1.807) is 4.90 Å². The van der Waals surface area contributed by atoms with Gasteiger partial charge in [-0.25, -0.2) is 14.8 Å². The van der Waals surface area contributed by atoms with E-state index in [1.165, 1.54) is 12.4 Å². The molecule has 21 heavy (non-hydrogen) atoms. The van der Waals surface area contributed by atoms with Crippen LogP contribution in [-0.4, -0.2) is 46.3 Å². The van der Waals surface area contributed by atoms with Crippen LogP contribution in [0.15, 0.2) is 12.4 Å². The molecule has 7 heteroatoms. The molecule has 6 nitrogen and oxygen atoms in total. The van der Waals surface area contributed by atoms with Crippen LogP contribution in [0.1, 0.15) is 27.2 Å². The van der Waals surface area contributed by atoms with Crippen molar-refractivity contribution in [1.82, 2.24) is 14.9 Å². The van der Waals surface area contributed by atoms with Crippen LogP contribution in [-0.2, 0) is 4.74 Å². The van der Waals surface area contributed by atoms with Crippen LogP contribution in [0.3, 0.4) is 0 Å². The van der Waals surface area contributed by atoms with Crippen LogP contribution >= 0.6 is 11.6 Å². The standard InChI is InChI=1S/C14H20ClN3O3/c1-14(2,3)21-13(19)18-5-4-10(8-18)9-20-12-16-6-11(15)7-17-12/h6-7,10H,4-5,8-9H2,1-3H3. The maximum absolute atomic E-state index is 11.9. The molecule has 0 radical (unpaired) electrons. The van der Waals surface area contributed by atoms with Crippen molar-refractivity contribution in [1.29, 1.82) is 0 Å². The van der Waals surface area contributed by atoms with E-state index in [2.05, 4.69) is 9.97 Å². The highest BCUT2D eigenvalue weighted by atomic mass is 35.5. The van der Waals surface area contributed by atoms with Crippen molar-refractivity contribution in [3.05, 3.63) is 17.4 Å². The molecular formula is C14H20ClN3O3. The second-order valence-electron chi connectivity index (χ2n) is 6.08. The number of rotatable bonds is 3. The van der Waals surface area contributed by atoms with Gasteiger partial charge >= 0.3 is 12.1 Å². The first-order chi connectivity index (χ1) is 9.83. The van der Waals surface area contributed by atoms with E-state index in [1.807, 2.05) is 20.8 Å². The summed E-state index contributed by atoms with van der Waals surface area (Å²) in [4.78, 5) is 21.6. The van der Waals surface area contributed by atoms with E-state index in [0.29, 0.717) is 30.7 Å². The number of aromatic nitrogens is 2. The molecule has 0 aliphatic carbocycles. The monoisotopic (exact) mass is 313 g/mol. The molecule has 1 unspecified atom stereocenters. The molecule has 1 aliphatic heterocycles. The Morgan fingerprint density at radius 1 is 1.43 bits per heavy atom. The van der Waals surface area contributed by atoms with Gasteiger partial charge in [0.15, 0.2) is 0 Å². The number of amides is 1. The van der Waals surface area contributed by atoms with Crippen molar-refractivity contribution < 1.29 is 14.3 Å². The molecule has 1 aromatic heterocycles. The highest BCUT2D eigenvalue weighted by Crippen LogP contribution is 2.20. The van der Waals surface area contributed by atoms with Gasteiger partial charge in [0.05, 0.1) is 24.0 Å². The Hall–Kier alpha value is -1.56. The Morgan fingerprint density at radius 2 is 2.10 bits per heavy atom. The van der Waals surface area contributed by atoms with Gasteiger partial charge in [0.1, 0.15) is 5.60 Å². The summed E-state index contributed by atoms with van der Waals surface area (Å²) in [5.74, 6) is 0.261. The topological polar surface area (TPSA) is 64.5 Å². The number of likely N-dealkylation sites (tertiary alicyclic amines) is 1. The number of halogens is 1. The third-order valence-corrected chi connectivity index (χ3v) is 3.18. The summed E-state index contributed by atoms with van der Waals surface area (Å²) < 4.78 is 10.9. The van der Waals surface area contributed by atoms with Crippen LogP contribution < -0.4 is 4.74 Å². The molecule has 0 aromatic carbocycles. The van der Waals surface area contributed by atoms with Gasteiger partial charge in [0.25, 0.3) is 0 Å². The Kier molecular flexibility index (Phi) is 4.88. The Labute approximate surface area is 129 Å². The normalized spacial score (nSPS) is 18.7. The lowest BCUT2D eigenvalue weighted by molar-refractivity contribution is 0.0284. The van der Waals surface area contributed by atoms with Crippen molar-refractivity contribution in [2.24, 2.45) is 5.92 Å². The zero-order valence-electron chi connectivity index (χ0n) is 12.5. The number of ether oxygens (including phenoxy) is 2. The van der Waals surface area contributed by atoms with E-state index in [-0.39, 0.29) is 12.0 Å². The van der Waals surface area contributed by atoms with Gasteiger partial charge in [-0.3, -0.25) is 0 Å². The fraction of sp³-hybridized carbons (Fsp3) is 0.643. The maximum Gasteiger partial charge on any atom is 0.410 e. The molecule has 1 fully saturated rings. The van der Waals surface area contributed by atoms with E-state index in [4.69, 9.17) is 21.1 Å². The van der Waals surface area contributed by atoms with Crippen LogP contribution in [0.4, 0.5) is 4.79 Å². The fourth-order valence-electron chi connectivity index (χ4n) is 2.03. The lowest BCUT2D eigenvalue weighted by atomic mass is 10.1. The first kappa shape index (κ1) is 15.8. The highest BCUT2D eigenvalue weighted by Gasteiger charge is 2.30. The summed E-state index contributed by atoms with van der Waals surface area (Å²) >= 11 is 5.71. The summed E-state index contributed by atoms with van der Waals surface area (Å²) in [6, 6.07) is 0.301. The molecule has 1 atom stereocenters. The molecule has 0 bridgehead atoms. The van der Waals surface area contributed by atoms with Crippen molar-refractivity contribution in [2.45, 2.75) is 32.8 Å². The summed E-state index contributed by atoms with van der Waals surface area (Å²) in [6.07, 6.45) is 3.59. The van der Waals surface area contributed by atoms with Crippen LogP contribution in [0, 0.1) is 5.92 Å². The lowest BCUT2D eigenvalue weighted by Gasteiger charge is -2.24. The van der Waals surface area contributed by atoms with Gasteiger partial charge < -0.3 is 14.4 Å². The van der Waals surface area contributed by atoms with Gasteiger partial charge in [-0.15, -0.1) is 0 Å². The van der Waals surface area contributed by atoms with Crippen molar-refractivity contribution >= 4 is 17.7 Å². The second kappa shape index (κ2) is 6.47. The Morgan fingerprint density at radius 3 is 2.71 bits per heavy atom. The van der Waals surface area contributed by atoms with Crippen molar-refractivity contribution in [2.75, 3.05) is 19.7 Å². The molecule has 0 saturated carbocycles. The van der Waals surface area contributed by atoms with Crippen molar-refractivity contribution in [3.8, 4) is 6.01 Å². The molecular weight excluding hydrogens is 294 g/mol. The van der Waals surface area contributed by atoms with Gasteiger partial charge in [-0.05, 0) is 27.2 Å². The molecule has 1 aromatic rings. The number of carbonyl (C=O) groups excluding carboxylic acids is 1. The summed E-state index contributed by atoms with van der Waals surface area (Å²) in [7, 11) is 0. The van der Waals surface area contributed by atoms with E-state index >= 15 is 0 Å². The number of hydrogen-bond donors (Lipinski definition) is 0. The first-order valence-electron chi connectivity index (χ1n) is 6.92. The third-order valence-electron chi connectivity index (χ3n) is 2.98. The number of carbonyl (C=O) groups is 1. The van der Waals surface area contributed by atoms with Crippen LogP contribution in [0.25, 0.3) is 0 Å². The zero-order valence-corrected chi connectivity index (χ0v) is 13.3. The molecule has 2 rings (SSSR count).